The lowest BCUT2D eigenvalue weighted by Crippen LogP contribution is -2.67. The molecule has 0 saturated carbocycles. The Labute approximate surface area is 283 Å². The van der Waals surface area contributed by atoms with Crippen molar-refractivity contribution in [1.29, 1.82) is 0 Å². The SMILES string of the molecule is COC(=O)[C@H]1O[C@@H](O[C@H]2[C@@H](O)[C@@H](COCc3ccccc3)O[C@H](OC)[C@@H]2OCc2ccccc2)[C@H](OC(C)=O)[C@@H](OC(C)=O)[C@@H]1OC(C)=O. The van der Waals surface area contributed by atoms with Crippen molar-refractivity contribution >= 4 is 23.9 Å². The van der Waals surface area contributed by atoms with Crippen molar-refractivity contribution in [2.75, 3.05) is 20.8 Å². The molecule has 0 spiro atoms. The van der Waals surface area contributed by atoms with E-state index in [0.717, 1.165) is 39.0 Å². The highest BCUT2D eigenvalue weighted by atomic mass is 16.8. The zero-order valence-corrected chi connectivity index (χ0v) is 27.8. The summed E-state index contributed by atoms with van der Waals surface area (Å²) in [6.45, 7) is 3.40. The average molecular weight is 691 g/mol. The molecular formula is C34H42O15. The van der Waals surface area contributed by atoms with Gasteiger partial charge in [0.1, 0.15) is 24.4 Å². The van der Waals surface area contributed by atoms with Crippen LogP contribution < -0.4 is 0 Å². The zero-order valence-electron chi connectivity index (χ0n) is 27.8. The quantitative estimate of drug-likeness (QED) is 0.223. The number of hydrogen-bond donors (Lipinski definition) is 1. The number of ether oxygens (including phenoxy) is 10. The van der Waals surface area contributed by atoms with Gasteiger partial charge in [-0.3, -0.25) is 14.4 Å². The first kappa shape index (κ1) is 37.9. The van der Waals surface area contributed by atoms with Crippen molar-refractivity contribution in [1.82, 2.24) is 0 Å². The molecule has 1 N–H and O–H groups in total. The van der Waals surface area contributed by atoms with Gasteiger partial charge in [0.25, 0.3) is 0 Å². The van der Waals surface area contributed by atoms with E-state index < -0.39 is 85.3 Å². The number of benzene rings is 2. The summed E-state index contributed by atoms with van der Waals surface area (Å²) >= 11 is 0. The van der Waals surface area contributed by atoms with Crippen LogP contribution in [0, 0.1) is 0 Å². The van der Waals surface area contributed by atoms with Gasteiger partial charge in [-0.15, -0.1) is 0 Å². The van der Waals surface area contributed by atoms with E-state index in [1.54, 1.807) is 0 Å². The monoisotopic (exact) mass is 690 g/mol. The van der Waals surface area contributed by atoms with Crippen LogP contribution in [0.2, 0.25) is 0 Å². The van der Waals surface area contributed by atoms with Crippen LogP contribution in [0.5, 0.6) is 0 Å². The molecule has 2 aromatic rings. The number of carbonyl (C=O) groups is 4. The maximum atomic E-state index is 13.0. The molecule has 10 atom stereocenters. The fraction of sp³-hybridized carbons (Fsp3) is 0.529. The Morgan fingerprint density at radius 2 is 1.22 bits per heavy atom. The predicted molar refractivity (Wildman–Crippen MR) is 165 cm³/mol. The third kappa shape index (κ3) is 10.3. The van der Waals surface area contributed by atoms with Gasteiger partial charge in [-0.25, -0.2) is 4.79 Å². The Hall–Kier alpha value is -3.96. The van der Waals surface area contributed by atoms with Gasteiger partial charge in [-0.1, -0.05) is 60.7 Å². The van der Waals surface area contributed by atoms with Crippen LogP contribution in [0.15, 0.2) is 60.7 Å². The minimum Gasteiger partial charge on any atom is -0.467 e. The zero-order chi connectivity index (χ0) is 35.5. The smallest absolute Gasteiger partial charge is 0.339 e. The molecule has 0 aliphatic carbocycles. The maximum absolute atomic E-state index is 13.0. The summed E-state index contributed by atoms with van der Waals surface area (Å²) in [6, 6.07) is 18.5. The van der Waals surface area contributed by atoms with E-state index in [1.165, 1.54) is 7.11 Å². The number of aliphatic hydroxyl groups is 1. The van der Waals surface area contributed by atoms with Crippen LogP contribution in [0.1, 0.15) is 31.9 Å². The normalized spacial score (nSPS) is 29.8. The molecule has 2 aliphatic rings. The fourth-order valence-electron chi connectivity index (χ4n) is 5.53. The molecule has 0 amide bonds. The van der Waals surface area contributed by atoms with Crippen molar-refractivity contribution in [3.05, 3.63) is 71.8 Å². The lowest BCUT2D eigenvalue weighted by Gasteiger charge is -2.48. The second kappa shape index (κ2) is 18.2. The standard InChI is InChI=1S/C34H42O15/c1-19(35)44-27-28(45-20(2)36)31(46-21(3)37)34(49-29(27)32(39)40-4)48-26-25(38)24(18-42-16-22-12-8-6-9-13-22)47-33(41-5)30(26)43-17-23-14-10-7-11-15-23/h6-15,24-31,33-34,38H,16-18H2,1-5H3/t24-,25+,26+,27+,28+,29+,30-,31-,33+,34-/m1/s1. The van der Waals surface area contributed by atoms with Gasteiger partial charge < -0.3 is 52.5 Å². The van der Waals surface area contributed by atoms with Crippen molar-refractivity contribution in [3.8, 4) is 0 Å². The molecule has 268 valence electrons. The first-order chi connectivity index (χ1) is 23.5. The second-order valence-electron chi connectivity index (χ2n) is 11.3. The van der Waals surface area contributed by atoms with E-state index in [4.69, 9.17) is 47.4 Å². The van der Waals surface area contributed by atoms with E-state index in [2.05, 4.69) is 0 Å². The van der Waals surface area contributed by atoms with Crippen LogP contribution in [0.25, 0.3) is 0 Å². The van der Waals surface area contributed by atoms with Crippen molar-refractivity contribution in [2.24, 2.45) is 0 Å². The molecule has 2 aliphatic heterocycles. The summed E-state index contributed by atoms with van der Waals surface area (Å²) in [7, 11) is 2.46. The first-order valence-corrected chi connectivity index (χ1v) is 15.6. The molecule has 0 radical (unpaired) electrons. The minimum atomic E-state index is -1.71. The molecule has 2 fully saturated rings. The van der Waals surface area contributed by atoms with Gasteiger partial charge in [-0.05, 0) is 11.1 Å². The number of methoxy groups -OCH3 is 2. The Morgan fingerprint density at radius 3 is 1.78 bits per heavy atom. The maximum Gasteiger partial charge on any atom is 0.339 e. The van der Waals surface area contributed by atoms with E-state index in [1.807, 2.05) is 60.7 Å². The Balaban J connectivity index is 1.69. The third-order valence-corrected chi connectivity index (χ3v) is 7.66. The van der Waals surface area contributed by atoms with Gasteiger partial charge in [-0.2, -0.15) is 0 Å². The van der Waals surface area contributed by atoms with E-state index in [-0.39, 0.29) is 19.8 Å². The lowest BCUT2D eigenvalue weighted by molar-refractivity contribution is -0.361. The molecule has 0 aromatic heterocycles. The molecular weight excluding hydrogens is 648 g/mol. The number of carbonyl (C=O) groups excluding carboxylic acids is 4. The highest BCUT2D eigenvalue weighted by molar-refractivity contribution is 5.77. The Bertz CT molecular complexity index is 1370. The van der Waals surface area contributed by atoms with Crippen LogP contribution >= 0.6 is 0 Å². The Kier molecular flexibility index (Phi) is 14.0. The number of rotatable bonds is 14. The summed E-state index contributed by atoms with van der Waals surface area (Å²) in [5.74, 6) is -3.56. The van der Waals surface area contributed by atoms with Crippen LogP contribution in [0.3, 0.4) is 0 Å². The highest BCUT2D eigenvalue weighted by Gasteiger charge is 2.57. The van der Waals surface area contributed by atoms with E-state index in [9.17, 15) is 24.3 Å². The van der Waals surface area contributed by atoms with Gasteiger partial charge >= 0.3 is 23.9 Å². The van der Waals surface area contributed by atoms with Crippen molar-refractivity contribution < 1.29 is 71.7 Å². The molecule has 4 rings (SSSR count). The van der Waals surface area contributed by atoms with Crippen LogP contribution in [-0.2, 0) is 79.8 Å². The number of aliphatic hydroxyl groups excluding tert-OH is 1. The third-order valence-electron chi connectivity index (χ3n) is 7.66. The molecule has 2 aromatic carbocycles. The van der Waals surface area contributed by atoms with Crippen LogP contribution in [-0.4, -0.2) is 111 Å². The minimum absolute atomic E-state index is 0.0464. The molecule has 2 saturated heterocycles. The van der Waals surface area contributed by atoms with Crippen LogP contribution in [0.4, 0.5) is 0 Å². The second-order valence-corrected chi connectivity index (χ2v) is 11.3. The highest BCUT2D eigenvalue weighted by Crippen LogP contribution is 2.35. The van der Waals surface area contributed by atoms with E-state index in [0.29, 0.717) is 0 Å². The van der Waals surface area contributed by atoms with Crippen molar-refractivity contribution in [3.63, 3.8) is 0 Å². The van der Waals surface area contributed by atoms with E-state index >= 15 is 0 Å². The van der Waals surface area contributed by atoms with Gasteiger partial charge in [0.15, 0.2) is 37.0 Å². The molecule has 0 bridgehead atoms. The first-order valence-electron chi connectivity index (χ1n) is 15.6. The molecule has 0 unspecified atom stereocenters. The largest absolute Gasteiger partial charge is 0.467 e. The number of esters is 4. The summed E-state index contributed by atoms with van der Waals surface area (Å²) in [5, 5.41) is 11.7. The molecule has 2 heterocycles. The molecule has 15 nitrogen and oxygen atoms in total. The van der Waals surface area contributed by atoms with Gasteiger partial charge in [0.2, 0.25) is 0 Å². The average Bonchev–Trinajstić information content (AvgIpc) is 3.08. The topological polar surface area (TPSA) is 181 Å². The van der Waals surface area contributed by atoms with Crippen molar-refractivity contribution in [2.45, 2.75) is 95.4 Å². The fourth-order valence-corrected chi connectivity index (χ4v) is 5.53. The molecule has 15 heteroatoms. The number of hydrogen-bond acceptors (Lipinski definition) is 15. The Morgan fingerprint density at radius 1 is 0.673 bits per heavy atom. The van der Waals surface area contributed by atoms with Gasteiger partial charge in [0, 0.05) is 27.9 Å². The summed E-state index contributed by atoms with van der Waals surface area (Å²) in [4.78, 5) is 49.7. The lowest BCUT2D eigenvalue weighted by atomic mass is 9.96. The predicted octanol–water partition coefficient (Wildman–Crippen LogP) is 1.60. The molecule has 49 heavy (non-hydrogen) atoms. The summed E-state index contributed by atoms with van der Waals surface area (Å²) < 4.78 is 57.3. The summed E-state index contributed by atoms with van der Waals surface area (Å²) in [5.41, 5.74) is 1.68. The van der Waals surface area contributed by atoms with Gasteiger partial charge in [0.05, 0.1) is 26.9 Å². The summed E-state index contributed by atoms with van der Waals surface area (Å²) in [6.07, 6.45) is -14.3.